The molecule has 1 heterocycles. The largest absolute Gasteiger partial charge is 0.435 e. The first kappa shape index (κ1) is 16.9. The second-order valence-corrected chi connectivity index (χ2v) is 6.52. The van der Waals surface area contributed by atoms with Crippen LogP contribution in [0.3, 0.4) is 0 Å². The van der Waals surface area contributed by atoms with Crippen molar-refractivity contribution >= 4 is 27.7 Å². The predicted octanol–water partition coefficient (Wildman–Crippen LogP) is 5.13. The number of alkyl halides is 2. The number of halogens is 3. The van der Waals surface area contributed by atoms with Crippen molar-refractivity contribution < 1.29 is 13.5 Å². The molecule has 0 unspecified atom stereocenters. The number of thioether (sulfide) groups is 1. The Bertz CT molecular complexity index is 828. The van der Waals surface area contributed by atoms with Gasteiger partial charge in [-0.2, -0.15) is 8.78 Å². The van der Waals surface area contributed by atoms with Crippen LogP contribution in [0.25, 0.3) is 11.4 Å². The highest BCUT2D eigenvalue weighted by Gasteiger charge is 2.12. The number of nitrogens with zero attached hydrogens (tertiary/aromatic N) is 2. The molecule has 3 aromatic rings. The number of H-pyrrole nitrogens is 1. The van der Waals surface area contributed by atoms with Gasteiger partial charge in [0, 0.05) is 21.4 Å². The van der Waals surface area contributed by atoms with Gasteiger partial charge in [0.05, 0.1) is 0 Å². The highest BCUT2D eigenvalue weighted by Crippen LogP contribution is 2.29. The minimum atomic E-state index is -2.85. The highest BCUT2D eigenvalue weighted by atomic mass is 79.9. The van der Waals surface area contributed by atoms with Crippen molar-refractivity contribution in [2.24, 2.45) is 0 Å². The van der Waals surface area contributed by atoms with Crippen LogP contribution in [0.5, 0.6) is 5.75 Å². The van der Waals surface area contributed by atoms with Crippen LogP contribution in [0.1, 0.15) is 5.56 Å². The summed E-state index contributed by atoms with van der Waals surface area (Å²) in [5.41, 5.74) is 1.56. The maximum absolute atomic E-state index is 12.4. The lowest BCUT2D eigenvalue weighted by atomic mass is 10.2. The average molecular weight is 412 g/mol. The van der Waals surface area contributed by atoms with Crippen LogP contribution in [-0.2, 0) is 5.75 Å². The fourth-order valence-electron chi connectivity index (χ4n) is 2.06. The zero-order valence-electron chi connectivity index (χ0n) is 12.2. The summed E-state index contributed by atoms with van der Waals surface area (Å²) in [6, 6.07) is 14.4. The van der Waals surface area contributed by atoms with Crippen molar-refractivity contribution in [3.8, 4) is 17.1 Å². The van der Waals surface area contributed by atoms with Crippen LogP contribution in [0, 0.1) is 0 Å². The molecule has 0 saturated heterocycles. The molecular formula is C16H12BrF2N3OS. The van der Waals surface area contributed by atoms with E-state index in [1.54, 1.807) is 18.2 Å². The lowest BCUT2D eigenvalue weighted by Gasteiger charge is -2.09. The molecule has 0 spiro atoms. The number of nitrogens with one attached hydrogen (secondary N) is 1. The van der Waals surface area contributed by atoms with Crippen molar-refractivity contribution in [2.75, 3.05) is 0 Å². The van der Waals surface area contributed by atoms with Crippen molar-refractivity contribution in [3.63, 3.8) is 0 Å². The van der Waals surface area contributed by atoms with Crippen molar-refractivity contribution in [2.45, 2.75) is 17.5 Å². The zero-order valence-corrected chi connectivity index (χ0v) is 14.7. The summed E-state index contributed by atoms with van der Waals surface area (Å²) in [7, 11) is 0. The standard InChI is InChI=1S/C16H12BrF2N3OS/c17-12-7-3-2-6-11(12)14-20-16(22-21-14)24-9-10-5-1-4-8-13(10)23-15(18)19/h1-8,15H,9H2,(H,20,21,22). The zero-order chi connectivity index (χ0) is 16.9. The topological polar surface area (TPSA) is 50.8 Å². The number of rotatable bonds is 6. The predicted molar refractivity (Wildman–Crippen MR) is 92.2 cm³/mol. The summed E-state index contributed by atoms with van der Waals surface area (Å²) in [6.45, 7) is -2.85. The molecule has 0 aliphatic carbocycles. The summed E-state index contributed by atoms with van der Waals surface area (Å²) in [6.07, 6.45) is 0. The molecule has 1 aromatic heterocycles. The molecule has 2 aromatic carbocycles. The lowest BCUT2D eigenvalue weighted by Crippen LogP contribution is -2.03. The number of hydrogen-bond donors (Lipinski definition) is 1. The van der Waals surface area contributed by atoms with Gasteiger partial charge in [-0.05, 0) is 12.1 Å². The van der Waals surface area contributed by atoms with Gasteiger partial charge in [-0.15, -0.1) is 5.10 Å². The van der Waals surface area contributed by atoms with Crippen LogP contribution in [-0.4, -0.2) is 21.8 Å². The minimum Gasteiger partial charge on any atom is -0.435 e. The second kappa shape index (κ2) is 7.76. The second-order valence-electron chi connectivity index (χ2n) is 4.72. The summed E-state index contributed by atoms with van der Waals surface area (Å²) in [5, 5.41) is 7.57. The van der Waals surface area contributed by atoms with Crippen LogP contribution < -0.4 is 4.74 Å². The van der Waals surface area contributed by atoms with Gasteiger partial charge in [0.15, 0.2) is 5.82 Å². The van der Waals surface area contributed by atoms with Gasteiger partial charge in [0.25, 0.3) is 0 Å². The van der Waals surface area contributed by atoms with E-state index >= 15 is 0 Å². The van der Waals surface area contributed by atoms with E-state index in [-0.39, 0.29) is 5.75 Å². The van der Waals surface area contributed by atoms with Gasteiger partial charge in [-0.3, -0.25) is 5.10 Å². The molecule has 0 fully saturated rings. The molecule has 1 N–H and O–H groups in total. The van der Waals surface area contributed by atoms with E-state index in [9.17, 15) is 8.78 Å². The minimum absolute atomic E-state index is 0.168. The monoisotopic (exact) mass is 411 g/mol. The quantitative estimate of drug-likeness (QED) is 0.571. The molecule has 0 aliphatic heterocycles. The van der Waals surface area contributed by atoms with E-state index in [1.807, 2.05) is 24.3 Å². The molecule has 0 aliphatic rings. The number of aromatic amines is 1. The number of para-hydroxylation sites is 1. The first-order valence-corrected chi connectivity index (χ1v) is 8.74. The van der Waals surface area contributed by atoms with E-state index in [4.69, 9.17) is 0 Å². The third kappa shape index (κ3) is 4.12. The number of ether oxygens (including phenoxy) is 1. The van der Waals surface area contributed by atoms with Crippen LogP contribution in [0.4, 0.5) is 8.78 Å². The molecule has 3 rings (SSSR count). The number of benzene rings is 2. The molecule has 4 nitrogen and oxygen atoms in total. The van der Waals surface area contributed by atoms with Gasteiger partial charge in [-0.25, -0.2) is 4.98 Å². The smallest absolute Gasteiger partial charge is 0.387 e. The van der Waals surface area contributed by atoms with Crippen LogP contribution >= 0.6 is 27.7 Å². The van der Waals surface area contributed by atoms with E-state index < -0.39 is 6.61 Å². The first-order chi connectivity index (χ1) is 11.6. The van der Waals surface area contributed by atoms with Gasteiger partial charge in [0.2, 0.25) is 5.16 Å². The molecule has 0 amide bonds. The molecule has 124 valence electrons. The molecule has 0 radical (unpaired) electrons. The Hall–Kier alpha value is -1.93. The van der Waals surface area contributed by atoms with Crippen molar-refractivity contribution in [3.05, 3.63) is 58.6 Å². The summed E-state index contributed by atoms with van der Waals surface area (Å²) in [4.78, 5) is 4.42. The normalized spacial score (nSPS) is 11.0. The summed E-state index contributed by atoms with van der Waals surface area (Å²) < 4.78 is 30.3. The fraction of sp³-hybridized carbons (Fsp3) is 0.125. The maximum Gasteiger partial charge on any atom is 0.387 e. The average Bonchev–Trinajstić information content (AvgIpc) is 3.03. The Kier molecular flexibility index (Phi) is 5.47. The van der Waals surface area contributed by atoms with Gasteiger partial charge < -0.3 is 4.74 Å². The molecule has 0 atom stereocenters. The maximum atomic E-state index is 12.4. The first-order valence-electron chi connectivity index (χ1n) is 6.96. The molecule has 0 saturated carbocycles. The lowest BCUT2D eigenvalue weighted by molar-refractivity contribution is -0.0503. The third-order valence-corrected chi connectivity index (χ3v) is 4.73. The third-order valence-electron chi connectivity index (χ3n) is 3.14. The van der Waals surface area contributed by atoms with E-state index in [2.05, 4.69) is 35.8 Å². The Morgan fingerprint density at radius 2 is 1.88 bits per heavy atom. The Balaban J connectivity index is 1.72. The van der Waals surface area contributed by atoms with Crippen LogP contribution in [0.2, 0.25) is 0 Å². The Morgan fingerprint density at radius 3 is 2.67 bits per heavy atom. The van der Waals surface area contributed by atoms with E-state index in [1.165, 1.54) is 17.8 Å². The Labute approximate surface area is 149 Å². The van der Waals surface area contributed by atoms with E-state index in [0.717, 1.165) is 10.0 Å². The number of aromatic nitrogens is 3. The fourth-order valence-corrected chi connectivity index (χ4v) is 3.32. The molecule has 24 heavy (non-hydrogen) atoms. The SMILES string of the molecule is FC(F)Oc1ccccc1CSc1n[nH]c(-c2ccccc2Br)n1. The summed E-state index contributed by atoms with van der Waals surface area (Å²) in [5.74, 6) is 1.24. The Morgan fingerprint density at radius 1 is 1.12 bits per heavy atom. The van der Waals surface area contributed by atoms with E-state index in [0.29, 0.717) is 22.3 Å². The van der Waals surface area contributed by atoms with Gasteiger partial charge in [0.1, 0.15) is 5.75 Å². The van der Waals surface area contributed by atoms with Crippen LogP contribution in [0.15, 0.2) is 58.2 Å². The molecular weight excluding hydrogens is 400 g/mol. The molecule has 0 bridgehead atoms. The van der Waals surface area contributed by atoms with Gasteiger partial charge in [-0.1, -0.05) is 64.1 Å². The highest BCUT2D eigenvalue weighted by molar-refractivity contribution is 9.10. The van der Waals surface area contributed by atoms with Crippen molar-refractivity contribution in [1.82, 2.24) is 15.2 Å². The summed E-state index contributed by atoms with van der Waals surface area (Å²) >= 11 is 4.81. The van der Waals surface area contributed by atoms with Crippen molar-refractivity contribution in [1.29, 1.82) is 0 Å². The molecule has 8 heteroatoms. The number of hydrogen-bond acceptors (Lipinski definition) is 4. The van der Waals surface area contributed by atoms with Gasteiger partial charge >= 0.3 is 6.61 Å².